The Kier molecular flexibility index (Phi) is 7.15. The van der Waals surface area contributed by atoms with Crippen LogP contribution in [0.4, 0.5) is 0 Å². The van der Waals surface area contributed by atoms with Crippen molar-refractivity contribution in [1.29, 1.82) is 0 Å². The minimum Gasteiger partial charge on any atom is -0.507 e. The first-order valence-corrected chi connectivity index (χ1v) is 11.5. The van der Waals surface area contributed by atoms with Gasteiger partial charge in [0.05, 0.1) is 25.3 Å². The zero-order valence-electron chi connectivity index (χ0n) is 20.0. The molecule has 1 aliphatic heterocycles. The summed E-state index contributed by atoms with van der Waals surface area (Å²) in [4.78, 5) is 32.1. The van der Waals surface area contributed by atoms with E-state index in [1.165, 1.54) is 4.90 Å². The van der Waals surface area contributed by atoms with Gasteiger partial charge in [0, 0.05) is 24.5 Å². The Morgan fingerprint density at radius 1 is 1.09 bits per heavy atom. The second-order valence-electron chi connectivity index (χ2n) is 8.39. The molecule has 0 saturated carbocycles. The molecule has 4 rings (SSSR count). The topological polar surface area (TPSA) is 89.0 Å². The number of methoxy groups -OCH3 is 1. The largest absolute Gasteiger partial charge is 0.507 e. The van der Waals surface area contributed by atoms with Crippen LogP contribution in [0.1, 0.15) is 41.6 Å². The van der Waals surface area contributed by atoms with Crippen molar-refractivity contribution in [2.45, 2.75) is 32.9 Å². The molecule has 2 heterocycles. The summed E-state index contributed by atoms with van der Waals surface area (Å²) >= 11 is 0. The summed E-state index contributed by atoms with van der Waals surface area (Å²) < 4.78 is 11.0. The molecule has 0 bridgehead atoms. The summed E-state index contributed by atoms with van der Waals surface area (Å²) in [6, 6.07) is 15.3. The fourth-order valence-corrected chi connectivity index (χ4v) is 4.22. The molecule has 1 N–H and O–H groups in total. The standard InChI is InChI=1S/C28H28N2O5/c1-4-14-35-22-11-12-23(18(2)15-22)26(31)24-25(20-7-9-21(34-3)10-8-20)30(28(33)27(24)32)17-19-6-5-13-29-16-19/h5-13,15-16,25,31H,4,14,17H2,1-3H3/t25-/m0/s1. The summed E-state index contributed by atoms with van der Waals surface area (Å²) in [7, 11) is 1.57. The van der Waals surface area contributed by atoms with Crippen molar-refractivity contribution >= 4 is 17.4 Å². The van der Waals surface area contributed by atoms with Crippen LogP contribution in [0.3, 0.4) is 0 Å². The van der Waals surface area contributed by atoms with Crippen LogP contribution in [0.25, 0.3) is 5.76 Å². The first-order valence-electron chi connectivity index (χ1n) is 11.5. The number of aryl methyl sites for hydroxylation is 1. The van der Waals surface area contributed by atoms with E-state index in [4.69, 9.17) is 9.47 Å². The van der Waals surface area contributed by atoms with Gasteiger partial charge in [0.25, 0.3) is 11.7 Å². The van der Waals surface area contributed by atoms with Crippen LogP contribution >= 0.6 is 0 Å². The Labute approximate surface area is 204 Å². The van der Waals surface area contributed by atoms with Crippen LogP contribution < -0.4 is 9.47 Å². The lowest BCUT2D eigenvalue weighted by atomic mass is 9.93. The third kappa shape index (κ3) is 4.89. The fraction of sp³-hybridized carbons (Fsp3) is 0.250. The number of hydrogen-bond donors (Lipinski definition) is 1. The van der Waals surface area contributed by atoms with E-state index in [2.05, 4.69) is 4.98 Å². The van der Waals surface area contributed by atoms with Gasteiger partial charge < -0.3 is 19.5 Å². The Bertz CT molecular complexity index is 1250. The molecular weight excluding hydrogens is 444 g/mol. The molecular formula is C28H28N2O5. The Balaban J connectivity index is 1.82. The van der Waals surface area contributed by atoms with E-state index in [1.807, 2.05) is 26.0 Å². The van der Waals surface area contributed by atoms with Gasteiger partial charge in [0.2, 0.25) is 0 Å². The van der Waals surface area contributed by atoms with Crippen molar-refractivity contribution in [2.24, 2.45) is 0 Å². The first kappa shape index (κ1) is 24.0. The number of aromatic nitrogens is 1. The average molecular weight is 473 g/mol. The van der Waals surface area contributed by atoms with Crippen LogP contribution in [0.5, 0.6) is 11.5 Å². The average Bonchev–Trinajstić information content (AvgIpc) is 3.12. The van der Waals surface area contributed by atoms with Crippen LogP contribution in [-0.4, -0.2) is 40.4 Å². The molecule has 0 unspecified atom stereocenters. The predicted molar refractivity (Wildman–Crippen MR) is 132 cm³/mol. The smallest absolute Gasteiger partial charge is 0.295 e. The van der Waals surface area contributed by atoms with E-state index in [-0.39, 0.29) is 17.9 Å². The molecule has 1 fully saturated rings. The van der Waals surface area contributed by atoms with Crippen LogP contribution in [0, 0.1) is 6.92 Å². The number of ether oxygens (including phenoxy) is 2. The highest BCUT2D eigenvalue weighted by atomic mass is 16.5. The molecule has 35 heavy (non-hydrogen) atoms. The molecule has 7 heteroatoms. The van der Waals surface area contributed by atoms with E-state index in [0.29, 0.717) is 29.2 Å². The van der Waals surface area contributed by atoms with Crippen molar-refractivity contribution in [2.75, 3.05) is 13.7 Å². The number of benzene rings is 2. The number of ketones is 1. The number of pyridine rings is 1. The predicted octanol–water partition coefficient (Wildman–Crippen LogP) is 4.81. The van der Waals surface area contributed by atoms with E-state index < -0.39 is 17.7 Å². The zero-order chi connectivity index (χ0) is 24.9. The lowest BCUT2D eigenvalue weighted by Crippen LogP contribution is -2.29. The SMILES string of the molecule is CCCOc1ccc(C(O)=C2C(=O)C(=O)N(Cc3cccnc3)[C@H]2c2ccc(OC)cc2)c(C)c1. The fourth-order valence-electron chi connectivity index (χ4n) is 4.22. The van der Waals surface area contributed by atoms with Crippen molar-refractivity contribution < 1.29 is 24.2 Å². The number of amides is 1. The van der Waals surface area contributed by atoms with Gasteiger partial charge in [-0.05, 0) is 66.4 Å². The van der Waals surface area contributed by atoms with Gasteiger partial charge in [-0.15, -0.1) is 0 Å². The third-order valence-corrected chi connectivity index (χ3v) is 5.97. The van der Waals surface area contributed by atoms with Gasteiger partial charge in [-0.25, -0.2) is 0 Å². The zero-order valence-corrected chi connectivity index (χ0v) is 20.0. The first-order chi connectivity index (χ1) is 16.9. The number of carbonyl (C=O) groups excluding carboxylic acids is 2. The van der Waals surface area contributed by atoms with E-state index in [0.717, 1.165) is 17.5 Å². The lowest BCUT2D eigenvalue weighted by molar-refractivity contribution is -0.140. The van der Waals surface area contributed by atoms with E-state index >= 15 is 0 Å². The number of hydrogen-bond acceptors (Lipinski definition) is 6. The Morgan fingerprint density at radius 3 is 2.46 bits per heavy atom. The maximum atomic E-state index is 13.3. The van der Waals surface area contributed by atoms with Gasteiger partial charge in [-0.3, -0.25) is 14.6 Å². The second-order valence-corrected chi connectivity index (χ2v) is 8.39. The Hall–Kier alpha value is -4.13. The normalized spacial score (nSPS) is 17.0. The highest BCUT2D eigenvalue weighted by molar-refractivity contribution is 6.46. The molecule has 7 nitrogen and oxygen atoms in total. The monoisotopic (exact) mass is 472 g/mol. The molecule has 0 aliphatic carbocycles. The number of nitrogens with zero attached hydrogens (tertiary/aromatic N) is 2. The molecule has 1 atom stereocenters. The molecule has 0 radical (unpaired) electrons. The van der Waals surface area contributed by atoms with Gasteiger partial charge in [0.1, 0.15) is 17.3 Å². The van der Waals surface area contributed by atoms with Crippen molar-refractivity contribution in [3.8, 4) is 11.5 Å². The maximum absolute atomic E-state index is 13.3. The highest BCUT2D eigenvalue weighted by Gasteiger charge is 2.46. The number of aliphatic hydroxyl groups is 1. The van der Waals surface area contributed by atoms with Gasteiger partial charge in [-0.1, -0.05) is 25.1 Å². The summed E-state index contributed by atoms with van der Waals surface area (Å²) in [6.45, 7) is 4.62. The second kappa shape index (κ2) is 10.4. The molecule has 180 valence electrons. The third-order valence-electron chi connectivity index (χ3n) is 5.97. The number of rotatable bonds is 8. The number of aliphatic hydroxyl groups excluding tert-OH is 1. The molecule has 3 aromatic rings. The molecule has 0 spiro atoms. The van der Waals surface area contributed by atoms with Gasteiger partial charge in [0.15, 0.2) is 0 Å². The van der Waals surface area contributed by atoms with Crippen molar-refractivity contribution in [3.05, 3.63) is 94.8 Å². The highest BCUT2D eigenvalue weighted by Crippen LogP contribution is 2.41. The van der Waals surface area contributed by atoms with Crippen LogP contribution in [-0.2, 0) is 16.1 Å². The summed E-state index contributed by atoms with van der Waals surface area (Å²) in [6.07, 6.45) is 4.18. The minimum atomic E-state index is -0.767. The molecule has 1 amide bonds. The molecule has 1 saturated heterocycles. The minimum absolute atomic E-state index is 0.0504. The molecule has 1 aliphatic rings. The molecule has 1 aromatic heterocycles. The van der Waals surface area contributed by atoms with Crippen LogP contribution in [0.2, 0.25) is 0 Å². The van der Waals surface area contributed by atoms with Gasteiger partial charge in [-0.2, -0.15) is 0 Å². The van der Waals surface area contributed by atoms with Gasteiger partial charge >= 0.3 is 0 Å². The number of Topliss-reactive ketones (excluding diaryl/α,β-unsaturated/α-hetero) is 1. The lowest BCUT2D eigenvalue weighted by Gasteiger charge is -2.25. The van der Waals surface area contributed by atoms with E-state index in [1.54, 1.807) is 62.0 Å². The quantitative estimate of drug-likeness (QED) is 0.288. The summed E-state index contributed by atoms with van der Waals surface area (Å²) in [5, 5.41) is 11.4. The van der Waals surface area contributed by atoms with Crippen molar-refractivity contribution in [3.63, 3.8) is 0 Å². The van der Waals surface area contributed by atoms with Crippen molar-refractivity contribution in [1.82, 2.24) is 9.88 Å². The Morgan fingerprint density at radius 2 is 1.83 bits per heavy atom. The van der Waals surface area contributed by atoms with E-state index in [9.17, 15) is 14.7 Å². The molecule has 2 aromatic carbocycles. The van der Waals surface area contributed by atoms with Crippen LogP contribution in [0.15, 0.2) is 72.6 Å². The maximum Gasteiger partial charge on any atom is 0.295 e. The number of carbonyl (C=O) groups is 2. The summed E-state index contributed by atoms with van der Waals surface area (Å²) in [5.41, 5.74) is 2.74. The summed E-state index contributed by atoms with van der Waals surface area (Å²) in [5.74, 6) is -0.270. The number of likely N-dealkylation sites (tertiary alicyclic amines) is 1.